The molecule has 3 aromatic rings. The van der Waals surface area contributed by atoms with Gasteiger partial charge in [0.05, 0.1) is 0 Å². The second kappa shape index (κ2) is 15.8. The van der Waals surface area contributed by atoms with Crippen LogP contribution in [0.5, 0.6) is 0 Å². The summed E-state index contributed by atoms with van der Waals surface area (Å²) in [7, 11) is 0. The van der Waals surface area contributed by atoms with Crippen molar-refractivity contribution in [1.29, 1.82) is 0 Å². The van der Waals surface area contributed by atoms with Crippen LogP contribution in [-0.2, 0) is 9.17 Å². The summed E-state index contributed by atoms with van der Waals surface area (Å²) in [5.74, 6) is -0.106. The Balaban J connectivity index is 1.79. The Kier molecular flexibility index (Phi) is 13.4. The molecule has 2 aromatic heterocycles. The van der Waals surface area contributed by atoms with E-state index in [-0.39, 0.29) is 11.8 Å². The molecule has 3 rings (SSSR count). The van der Waals surface area contributed by atoms with E-state index in [1.54, 1.807) is 29.6 Å². The van der Waals surface area contributed by atoms with Gasteiger partial charge < -0.3 is 0 Å². The molecule has 0 unspecified atom stereocenters. The van der Waals surface area contributed by atoms with Gasteiger partial charge in [-0.3, -0.25) is 0 Å². The van der Waals surface area contributed by atoms with Crippen molar-refractivity contribution in [1.82, 2.24) is 0 Å². The molecule has 3 nitrogen and oxygen atoms in total. The van der Waals surface area contributed by atoms with Gasteiger partial charge in [0.1, 0.15) is 0 Å². The second-order valence-electron chi connectivity index (χ2n) is 11.5. The van der Waals surface area contributed by atoms with E-state index in [1.165, 1.54) is 63.6 Å². The number of carbonyl (C=O) groups is 2. The van der Waals surface area contributed by atoms with E-state index in [4.69, 9.17) is 4.74 Å². The molecule has 7 heteroatoms. The van der Waals surface area contributed by atoms with Crippen LogP contribution in [0.15, 0.2) is 12.1 Å². The van der Waals surface area contributed by atoms with Crippen LogP contribution in [0.25, 0.3) is 20.2 Å². The zero-order valence-corrected chi connectivity index (χ0v) is 31.7. The van der Waals surface area contributed by atoms with E-state index in [9.17, 15) is 9.59 Å². The maximum atomic E-state index is 13.6. The minimum absolute atomic E-state index is 0.0996. The van der Waals surface area contributed by atoms with Gasteiger partial charge in [-0.05, 0) is 0 Å². The van der Waals surface area contributed by atoms with E-state index >= 15 is 0 Å². The van der Waals surface area contributed by atoms with Crippen molar-refractivity contribution in [3.63, 3.8) is 0 Å². The third kappa shape index (κ3) is 8.69. The number of Topliss-reactive ketones (excluding diaryl/α,β-unsaturated/α-hetero) is 1. The molecule has 0 atom stereocenters. The second-order valence-corrected chi connectivity index (χ2v) is 33.5. The van der Waals surface area contributed by atoms with Crippen LogP contribution in [0.1, 0.15) is 111 Å². The van der Waals surface area contributed by atoms with Gasteiger partial charge in [-0.2, -0.15) is 0 Å². The van der Waals surface area contributed by atoms with Crippen molar-refractivity contribution in [2.24, 2.45) is 0 Å². The number of ketones is 1. The Morgan fingerprint density at radius 1 is 0.816 bits per heavy atom. The molecule has 0 saturated carbocycles. The molecule has 38 heavy (non-hydrogen) atoms. The summed E-state index contributed by atoms with van der Waals surface area (Å²) in [6.07, 6.45) is 12.6. The van der Waals surface area contributed by atoms with E-state index in [0.717, 1.165) is 43.0 Å². The molecule has 0 bridgehead atoms. The molecule has 2 radical (unpaired) electrons. The van der Waals surface area contributed by atoms with Crippen molar-refractivity contribution in [3.05, 3.63) is 28.1 Å². The van der Waals surface area contributed by atoms with Crippen molar-refractivity contribution in [3.8, 4) is 0 Å². The van der Waals surface area contributed by atoms with E-state index in [2.05, 4.69) is 40.8 Å². The summed E-state index contributed by atoms with van der Waals surface area (Å²) in [6, 6.07) is 4.45. The van der Waals surface area contributed by atoms with Gasteiger partial charge in [-0.25, -0.2) is 0 Å². The van der Waals surface area contributed by atoms with E-state index in [0.29, 0.717) is 12.2 Å². The summed E-state index contributed by atoms with van der Waals surface area (Å²) >= 11 is 0.644. The summed E-state index contributed by atoms with van der Waals surface area (Å²) in [5.41, 5.74) is 1.53. The van der Waals surface area contributed by atoms with Gasteiger partial charge in [-0.1, -0.05) is 39.0 Å². The maximum absolute atomic E-state index is 13.6. The first-order chi connectivity index (χ1) is 18.2. The molecule has 0 amide bonds. The summed E-state index contributed by atoms with van der Waals surface area (Å²) < 4.78 is 11.7. The van der Waals surface area contributed by atoms with Crippen LogP contribution in [0.2, 0.25) is 19.3 Å². The predicted octanol–water partition coefficient (Wildman–Crippen LogP) is 9.58. The van der Waals surface area contributed by atoms with E-state index < -0.39 is 39.5 Å². The zero-order chi connectivity index (χ0) is 27.7. The number of hydrogen-bond donors (Lipinski definition) is 0. The Labute approximate surface area is 252 Å². The summed E-state index contributed by atoms with van der Waals surface area (Å²) in [5, 5.41) is 1.93. The third-order valence-corrected chi connectivity index (χ3v) is 22.8. The normalized spacial score (nSPS) is 12.1. The van der Waals surface area contributed by atoms with Crippen LogP contribution in [0.3, 0.4) is 0 Å². The molecule has 0 fully saturated rings. The number of unbranched alkanes of at least 4 members (excludes halogenated alkanes) is 9. The number of esters is 1. The molecule has 0 aliphatic carbocycles. The topological polar surface area (TPSA) is 43.4 Å². The van der Waals surface area contributed by atoms with Crippen molar-refractivity contribution in [2.45, 2.75) is 109 Å². The Bertz CT molecular complexity index is 1220. The molecule has 0 saturated heterocycles. The van der Waals surface area contributed by atoms with Crippen LogP contribution in [0.4, 0.5) is 0 Å². The van der Waals surface area contributed by atoms with Gasteiger partial charge in [0, 0.05) is 0 Å². The molecular formula is C31H46O3S2Sn2. The van der Waals surface area contributed by atoms with Gasteiger partial charge in [-0.15, -0.1) is 0 Å². The quantitative estimate of drug-likeness (QED) is 0.0595. The van der Waals surface area contributed by atoms with Crippen LogP contribution in [-0.4, -0.2) is 57.9 Å². The number of benzene rings is 1. The fraction of sp³-hybridized carbons (Fsp3) is 0.613. The molecular weight excluding hydrogens is 722 g/mol. The molecule has 208 valence electrons. The van der Waals surface area contributed by atoms with Gasteiger partial charge in [0.15, 0.2) is 0 Å². The van der Waals surface area contributed by atoms with E-state index in [1.807, 2.05) is 0 Å². The first-order valence-electron chi connectivity index (χ1n) is 14.6. The standard InChI is InChI=1S/C26H32O3S2.C2H5.3CH3.2Sn/c1-4-5-6-7-8-9-10-11-12-13-15-29-26(28)23-21-17-18(2)31-25(21)22(19(3)27)20-14-16-30-24(20)23;1-2;;;;;/h14,17H,2,4-13,15H2,1,3H3;1H2,2H3;3*1H3;;. The molecule has 2 heterocycles. The fourth-order valence-corrected chi connectivity index (χ4v) is 15.5. The molecule has 0 N–H and O–H groups in total. The number of thiophene rings is 2. The molecule has 1 aromatic carbocycles. The Morgan fingerprint density at radius 2 is 1.39 bits per heavy atom. The van der Waals surface area contributed by atoms with Crippen molar-refractivity contribution in [2.75, 3.05) is 6.61 Å². The molecule has 0 aliphatic rings. The van der Waals surface area contributed by atoms with Gasteiger partial charge in [0.2, 0.25) is 0 Å². The van der Waals surface area contributed by atoms with Gasteiger partial charge in [0.25, 0.3) is 0 Å². The number of ether oxygens (including phenoxy) is 1. The SMILES string of the molecule is CCCCCCCCCCCCOC(=O)c1c2cc([CH2][Sn][CH2]C)sc2c(C(C)=O)c2c[c]([Sn]([CH3])([CH3])[CH3])sc12. The average Bonchev–Trinajstić information content (AvgIpc) is 3.48. The third-order valence-electron chi connectivity index (χ3n) is 7.08. The Hall–Kier alpha value is -0.123. The summed E-state index contributed by atoms with van der Waals surface area (Å²) in [4.78, 5) is 35.1. The predicted molar refractivity (Wildman–Crippen MR) is 172 cm³/mol. The number of carbonyl (C=O) groups excluding carboxylic acids is 2. The minimum atomic E-state index is -2.40. The summed E-state index contributed by atoms with van der Waals surface area (Å²) in [6.45, 7) is 6.69. The van der Waals surface area contributed by atoms with Crippen molar-refractivity contribution >= 4 is 97.0 Å². The van der Waals surface area contributed by atoms with Crippen molar-refractivity contribution < 1.29 is 14.3 Å². The fourth-order valence-electron chi connectivity index (χ4n) is 4.90. The monoisotopic (exact) mass is 770 g/mol. The molecule has 0 spiro atoms. The number of hydrogen-bond acceptors (Lipinski definition) is 5. The Morgan fingerprint density at radius 3 is 1.97 bits per heavy atom. The molecule has 0 aliphatic heterocycles. The number of fused-ring (bicyclic) bond motifs is 2. The van der Waals surface area contributed by atoms with Crippen LogP contribution >= 0.6 is 22.7 Å². The van der Waals surface area contributed by atoms with Crippen LogP contribution < -0.4 is 2.89 Å². The first-order valence-corrected chi connectivity index (χ1v) is 30.3. The first kappa shape index (κ1) is 32.4. The van der Waals surface area contributed by atoms with Gasteiger partial charge >= 0.3 is 216 Å². The average molecular weight is 768 g/mol. The zero-order valence-electron chi connectivity index (χ0n) is 24.4. The van der Waals surface area contributed by atoms with Crippen LogP contribution in [0, 0.1) is 0 Å². The number of rotatable bonds is 17.